The van der Waals surface area contributed by atoms with Crippen LogP contribution in [0.25, 0.3) is 10.9 Å². The van der Waals surface area contributed by atoms with Crippen LogP contribution < -0.4 is 16.0 Å². The van der Waals surface area contributed by atoms with Gasteiger partial charge in [0.05, 0.1) is 15.8 Å². The van der Waals surface area contributed by atoms with Gasteiger partial charge in [-0.15, -0.1) is 0 Å². The number of fused-ring (bicyclic) bond motifs is 1. The third-order valence-electron chi connectivity index (χ3n) is 6.32. The first kappa shape index (κ1) is 21.8. The molecule has 2 heterocycles. The van der Waals surface area contributed by atoms with Crippen LogP contribution in [-0.2, 0) is 28.4 Å². The van der Waals surface area contributed by atoms with Gasteiger partial charge in [-0.1, -0.05) is 12.8 Å². The molecule has 0 unspecified atom stereocenters. The number of hydrogen-bond acceptors (Lipinski definition) is 5. The molecule has 1 aromatic heterocycles. The summed E-state index contributed by atoms with van der Waals surface area (Å²) < 4.78 is 30.7. The molecule has 2 aliphatic rings. The smallest absolute Gasteiger partial charge is 0.331 e. The molecule has 168 valence electrons. The van der Waals surface area contributed by atoms with Crippen LogP contribution >= 0.6 is 0 Å². The van der Waals surface area contributed by atoms with E-state index >= 15 is 0 Å². The fourth-order valence-corrected chi connectivity index (χ4v) is 5.85. The van der Waals surface area contributed by atoms with Gasteiger partial charge >= 0.3 is 5.69 Å². The number of hydrogen-bond donors (Lipinski definition) is 1. The summed E-state index contributed by atoms with van der Waals surface area (Å²) in [5, 5.41) is 0.144. The zero-order valence-corrected chi connectivity index (χ0v) is 18.5. The molecule has 2 aromatic rings. The molecule has 31 heavy (non-hydrogen) atoms. The van der Waals surface area contributed by atoms with Gasteiger partial charge in [0.25, 0.3) is 5.56 Å². The van der Waals surface area contributed by atoms with Gasteiger partial charge in [-0.25, -0.2) is 17.9 Å². The summed E-state index contributed by atoms with van der Waals surface area (Å²) in [6.45, 7) is 1.38. The molecule has 0 spiro atoms. The molecule has 1 N–H and O–H groups in total. The lowest BCUT2D eigenvalue weighted by atomic mass is 10.2. The van der Waals surface area contributed by atoms with Crippen LogP contribution in [0.3, 0.4) is 0 Å². The van der Waals surface area contributed by atoms with E-state index in [4.69, 9.17) is 0 Å². The second kappa shape index (κ2) is 8.58. The number of amides is 1. The molecule has 1 aliphatic heterocycles. The van der Waals surface area contributed by atoms with E-state index in [0.29, 0.717) is 18.6 Å². The van der Waals surface area contributed by atoms with Gasteiger partial charge in [-0.2, -0.15) is 0 Å². The molecule has 1 saturated heterocycles. The Kier molecular flexibility index (Phi) is 6.02. The number of aryl methyl sites for hydroxylation is 1. The lowest BCUT2D eigenvalue weighted by Gasteiger charge is -2.16. The van der Waals surface area contributed by atoms with Gasteiger partial charge < -0.3 is 4.90 Å². The predicted molar refractivity (Wildman–Crippen MR) is 116 cm³/mol. The summed E-state index contributed by atoms with van der Waals surface area (Å²) in [6.07, 6.45) is 5.59. The van der Waals surface area contributed by atoms with E-state index in [0.717, 1.165) is 43.1 Å². The summed E-state index contributed by atoms with van der Waals surface area (Å²) in [7, 11) is -2.24. The zero-order valence-electron chi connectivity index (χ0n) is 17.7. The van der Waals surface area contributed by atoms with Crippen molar-refractivity contribution in [3.8, 4) is 0 Å². The molecule has 10 heteroatoms. The predicted octanol–water partition coefficient (Wildman–Crippen LogP) is 0.934. The van der Waals surface area contributed by atoms with E-state index in [1.54, 1.807) is 4.90 Å². The molecule has 1 aromatic carbocycles. The zero-order chi connectivity index (χ0) is 22.2. The van der Waals surface area contributed by atoms with Crippen molar-refractivity contribution in [3.63, 3.8) is 0 Å². The van der Waals surface area contributed by atoms with Crippen molar-refractivity contribution in [2.45, 2.75) is 62.4 Å². The molecule has 1 amide bonds. The molecular formula is C21H28N4O5S. The van der Waals surface area contributed by atoms with E-state index in [9.17, 15) is 22.8 Å². The normalized spacial score (nSPS) is 17.6. The maximum absolute atomic E-state index is 13.1. The second-order valence-corrected chi connectivity index (χ2v) is 10.1. The van der Waals surface area contributed by atoms with Crippen molar-refractivity contribution in [2.75, 3.05) is 13.1 Å². The standard InChI is InChI=1S/C21H28N4O5S/c1-23-18-9-8-16(31(29,30)22-15-6-2-3-7-15)14-17(18)20(27)25(21(23)28)13-10-19(26)24-11-4-5-12-24/h8-9,14-15,22H,2-7,10-13H2,1H3. The van der Waals surface area contributed by atoms with Gasteiger partial charge in [0.2, 0.25) is 15.9 Å². The molecule has 0 bridgehead atoms. The summed E-state index contributed by atoms with van der Waals surface area (Å²) in [5.74, 6) is -0.0800. The minimum Gasteiger partial charge on any atom is -0.343 e. The van der Waals surface area contributed by atoms with E-state index in [1.165, 1.54) is 29.8 Å². The molecule has 1 aliphatic carbocycles. The van der Waals surface area contributed by atoms with Crippen molar-refractivity contribution in [3.05, 3.63) is 39.0 Å². The Bertz CT molecular complexity index is 1220. The van der Waals surface area contributed by atoms with E-state index in [1.807, 2.05) is 0 Å². The Balaban J connectivity index is 1.67. The van der Waals surface area contributed by atoms with E-state index in [-0.39, 0.29) is 35.2 Å². The average Bonchev–Trinajstić information content (AvgIpc) is 3.45. The number of sulfonamides is 1. The maximum Gasteiger partial charge on any atom is 0.331 e. The van der Waals surface area contributed by atoms with Crippen LogP contribution in [-0.4, -0.2) is 47.5 Å². The van der Waals surface area contributed by atoms with Gasteiger partial charge in [-0.05, 0) is 43.9 Å². The number of likely N-dealkylation sites (tertiary alicyclic amines) is 1. The van der Waals surface area contributed by atoms with Crippen LogP contribution in [0.5, 0.6) is 0 Å². The van der Waals surface area contributed by atoms with Crippen molar-refractivity contribution < 1.29 is 13.2 Å². The second-order valence-electron chi connectivity index (χ2n) is 8.42. The third-order valence-corrected chi connectivity index (χ3v) is 7.84. The third kappa shape index (κ3) is 4.31. The van der Waals surface area contributed by atoms with Crippen molar-refractivity contribution in [1.29, 1.82) is 0 Å². The highest BCUT2D eigenvalue weighted by Crippen LogP contribution is 2.21. The first-order chi connectivity index (χ1) is 14.8. The van der Waals surface area contributed by atoms with Gasteiger partial charge in [0.1, 0.15) is 0 Å². The topological polar surface area (TPSA) is 110 Å². The number of nitrogens with zero attached hydrogens (tertiary/aromatic N) is 3. The summed E-state index contributed by atoms with van der Waals surface area (Å²) >= 11 is 0. The van der Waals surface area contributed by atoms with Gasteiger partial charge in [0.15, 0.2) is 0 Å². The molecule has 0 radical (unpaired) electrons. The first-order valence-corrected chi connectivity index (χ1v) is 12.3. The summed E-state index contributed by atoms with van der Waals surface area (Å²) in [4.78, 5) is 39.9. The highest BCUT2D eigenvalue weighted by molar-refractivity contribution is 7.89. The molecule has 4 rings (SSSR count). The highest BCUT2D eigenvalue weighted by atomic mass is 32.2. The minimum absolute atomic E-state index is 0.00217. The van der Waals surface area contributed by atoms with Crippen molar-refractivity contribution >= 4 is 26.8 Å². The largest absolute Gasteiger partial charge is 0.343 e. The fourth-order valence-electron chi connectivity index (χ4n) is 4.52. The number of carbonyl (C=O) groups excluding carboxylic acids is 1. The van der Waals surface area contributed by atoms with Crippen LogP contribution in [0.1, 0.15) is 44.9 Å². The Morgan fingerprint density at radius 1 is 1.10 bits per heavy atom. The number of benzene rings is 1. The number of rotatable bonds is 6. The lowest BCUT2D eigenvalue weighted by Crippen LogP contribution is -2.40. The van der Waals surface area contributed by atoms with E-state index < -0.39 is 21.3 Å². The SMILES string of the molecule is Cn1c(=O)n(CCC(=O)N2CCCC2)c(=O)c2cc(S(=O)(=O)NC3CCCC3)ccc21. The number of carbonyl (C=O) groups is 1. The molecule has 1 saturated carbocycles. The summed E-state index contributed by atoms with van der Waals surface area (Å²) in [6, 6.07) is 4.14. The molecule has 9 nitrogen and oxygen atoms in total. The monoisotopic (exact) mass is 448 g/mol. The van der Waals surface area contributed by atoms with Crippen LogP contribution in [0.2, 0.25) is 0 Å². The maximum atomic E-state index is 13.1. The molecule has 2 fully saturated rings. The lowest BCUT2D eigenvalue weighted by molar-refractivity contribution is -0.130. The Morgan fingerprint density at radius 3 is 2.45 bits per heavy atom. The fraction of sp³-hybridized carbons (Fsp3) is 0.571. The van der Waals surface area contributed by atoms with Crippen molar-refractivity contribution in [2.24, 2.45) is 7.05 Å². The summed E-state index contributed by atoms with van der Waals surface area (Å²) in [5.41, 5.74) is -0.742. The number of nitrogens with one attached hydrogen (secondary N) is 1. The number of aromatic nitrogens is 2. The Labute approximate surface area is 180 Å². The van der Waals surface area contributed by atoms with Crippen LogP contribution in [0, 0.1) is 0 Å². The molecular weight excluding hydrogens is 420 g/mol. The minimum atomic E-state index is -3.77. The quantitative estimate of drug-likeness (QED) is 0.707. The average molecular weight is 449 g/mol. The Morgan fingerprint density at radius 2 is 1.77 bits per heavy atom. The van der Waals surface area contributed by atoms with Gasteiger partial charge in [0, 0.05) is 39.1 Å². The van der Waals surface area contributed by atoms with Crippen LogP contribution in [0.4, 0.5) is 0 Å². The Hall–Kier alpha value is -2.46. The van der Waals surface area contributed by atoms with E-state index in [2.05, 4.69) is 4.72 Å². The van der Waals surface area contributed by atoms with Crippen molar-refractivity contribution in [1.82, 2.24) is 18.8 Å². The first-order valence-electron chi connectivity index (χ1n) is 10.8. The van der Waals surface area contributed by atoms with Crippen LogP contribution in [0.15, 0.2) is 32.7 Å². The highest BCUT2D eigenvalue weighted by Gasteiger charge is 2.24. The van der Waals surface area contributed by atoms with Gasteiger partial charge in [-0.3, -0.25) is 18.7 Å². The molecule has 0 atom stereocenters.